The van der Waals surface area contributed by atoms with Crippen LogP contribution in [0.25, 0.3) is 0 Å². The summed E-state index contributed by atoms with van der Waals surface area (Å²) in [5.41, 5.74) is 1.48. The van der Waals surface area contributed by atoms with E-state index in [9.17, 15) is 8.42 Å². The lowest BCUT2D eigenvalue weighted by molar-refractivity contribution is 0.605. The monoisotopic (exact) mass is 290 g/mol. The van der Waals surface area contributed by atoms with Gasteiger partial charge in [0, 0.05) is 4.88 Å². The maximum Gasteiger partial charge on any atom is 0.247 e. The van der Waals surface area contributed by atoms with Gasteiger partial charge in [-0.15, -0.1) is 22.9 Å². The van der Waals surface area contributed by atoms with Gasteiger partial charge in [-0.25, -0.2) is 8.42 Å². The van der Waals surface area contributed by atoms with Crippen LogP contribution >= 0.6 is 22.9 Å². The Hall–Kier alpha value is -0.770. The number of thiophene rings is 1. The minimum absolute atomic E-state index is 0.417. The molecule has 0 radical (unpaired) electrons. The molecule has 0 fully saturated rings. The van der Waals surface area contributed by atoms with Gasteiger partial charge >= 0.3 is 0 Å². The van der Waals surface area contributed by atoms with Gasteiger partial charge in [-0.2, -0.15) is 5.26 Å². The van der Waals surface area contributed by atoms with Crippen LogP contribution in [0.5, 0.6) is 0 Å². The number of sulfonamides is 1. The summed E-state index contributed by atoms with van der Waals surface area (Å²) in [5, 5.41) is 9.04. The number of aryl methyl sites for hydroxylation is 1. The van der Waals surface area contributed by atoms with E-state index in [1.807, 2.05) is 0 Å². The van der Waals surface area contributed by atoms with E-state index >= 15 is 0 Å². The quantitative estimate of drug-likeness (QED) is 0.869. The molecule has 1 aliphatic carbocycles. The standard InChI is InChI=1S/C10H11ClN2O2S2/c11-6-17(14,15)13-10-8(5-12)7-3-1-2-4-9(7)16-10/h13H,1-4,6H2. The first-order valence-electron chi connectivity index (χ1n) is 5.18. The molecule has 92 valence electrons. The summed E-state index contributed by atoms with van der Waals surface area (Å²) in [4.78, 5) is 1.13. The van der Waals surface area contributed by atoms with Gasteiger partial charge in [0.25, 0.3) is 0 Å². The largest absolute Gasteiger partial charge is 0.272 e. The minimum Gasteiger partial charge on any atom is -0.272 e. The molecular formula is C10H11ClN2O2S2. The molecule has 2 rings (SSSR count). The molecular weight excluding hydrogens is 280 g/mol. The Balaban J connectivity index is 2.42. The van der Waals surface area contributed by atoms with Crippen molar-refractivity contribution < 1.29 is 8.42 Å². The van der Waals surface area contributed by atoms with Gasteiger partial charge in [0.15, 0.2) is 0 Å². The normalized spacial score (nSPS) is 15.1. The number of alkyl halides is 1. The van der Waals surface area contributed by atoms with E-state index < -0.39 is 15.2 Å². The minimum atomic E-state index is -3.53. The number of fused-ring (bicyclic) bond motifs is 1. The highest BCUT2D eigenvalue weighted by atomic mass is 35.5. The number of anilines is 1. The topological polar surface area (TPSA) is 70.0 Å². The molecule has 0 bridgehead atoms. The predicted octanol–water partition coefficient (Wildman–Crippen LogP) is 2.44. The second-order valence-corrected chi connectivity index (χ2v) is 7.26. The third kappa shape index (κ3) is 2.57. The maximum atomic E-state index is 11.4. The second-order valence-electron chi connectivity index (χ2n) is 3.85. The number of nitrogens with one attached hydrogen (secondary N) is 1. The van der Waals surface area contributed by atoms with Gasteiger partial charge in [0.1, 0.15) is 16.3 Å². The molecule has 1 N–H and O–H groups in total. The molecule has 0 saturated carbocycles. The lowest BCUT2D eigenvalue weighted by atomic mass is 9.96. The highest BCUT2D eigenvalue weighted by molar-refractivity contribution is 7.94. The number of nitrogens with zero attached hydrogens (tertiary/aromatic N) is 1. The van der Waals surface area contributed by atoms with Crippen molar-refractivity contribution in [2.45, 2.75) is 25.7 Å². The van der Waals surface area contributed by atoms with Crippen LogP contribution in [0.3, 0.4) is 0 Å². The Labute approximate surface area is 109 Å². The van der Waals surface area contributed by atoms with Crippen LogP contribution in [0.4, 0.5) is 5.00 Å². The highest BCUT2D eigenvalue weighted by Gasteiger charge is 2.22. The molecule has 0 aromatic carbocycles. The average Bonchev–Trinajstić information content (AvgIpc) is 2.65. The summed E-state index contributed by atoms with van der Waals surface area (Å²) in [6.07, 6.45) is 3.94. The molecule has 17 heavy (non-hydrogen) atoms. The predicted molar refractivity (Wildman–Crippen MR) is 68.9 cm³/mol. The van der Waals surface area contributed by atoms with Gasteiger partial charge in [0.2, 0.25) is 10.0 Å². The van der Waals surface area contributed by atoms with Crippen LogP contribution < -0.4 is 4.72 Å². The fourth-order valence-corrected chi connectivity index (χ4v) is 4.17. The molecule has 7 heteroatoms. The van der Waals surface area contributed by atoms with E-state index in [0.29, 0.717) is 10.6 Å². The molecule has 1 heterocycles. The number of rotatable bonds is 3. The number of hydrogen-bond acceptors (Lipinski definition) is 4. The van der Waals surface area contributed by atoms with Crippen molar-refractivity contribution in [3.63, 3.8) is 0 Å². The first-order chi connectivity index (χ1) is 8.07. The van der Waals surface area contributed by atoms with Crippen molar-refractivity contribution >= 4 is 38.0 Å². The summed E-state index contributed by atoms with van der Waals surface area (Å²) in [5.74, 6) is 0. The smallest absolute Gasteiger partial charge is 0.247 e. The van der Waals surface area contributed by atoms with Gasteiger partial charge in [-0.05, 0) is 31.2 Å². The zero-order valence-electron chi connectivity index (χ0n) is 8.99. The molecule has 0 unspecified atom stereocenters. The van der Waals surface area contributed by atoms with Crippen molar-refractivity contribution in [3.8, 4) is 6.07 Å². The lowest BCUT2D eigenvalue weighted by Gasteiger charge is -2.09. The third-order valence-electron chi connectivity index (χ3n) is 2.67. The molecule has 1 aromatic rings. The fourth-order valence-electron chi connectivity index (χ4n) is 1.92. The maximum absolute atomic E-state index is 11.4. The molecule has 0 saturated heterocycles. The number of nitriles is 1. The van der Waals surface area contributed by atoms with Gasteiger partial charge in [-0.3, -0.25) is 4.72 Å². The highest BCUT2D eigenvalue weighted by Crippen LogP contribution is 2.38. The molecule has 4 nitrogen and oxygen atoms in total. The summed E-state index contributed by atoms with van der Waals surface area (Å²) in [6, 6.07) is 2.09. The number of hydrogen-bond donors (Lipinski definition) is 1. The number of halogens is 1. The summed E-state index contributed by atoms with van der Waals surface area (Å²) >= 11 is 6.69. The van der Waals surface area contributed by atoms with Gasteiger partial charge < -0.3 is 0 Å². The Morgan fingerprint density at radius 3 is 2.76 bits per heavy atom. The van der Waals surface area contributed by atoms with E-state index in [0.717, 1.165) is 36.1 Å². The Morgan fingerprint density at radius 1 is 1.41 bits per heavy atom. The fraction of sp³-hybridized carbons (Fsp3) is 0.500. The van der Waals surface area contributed by atoms with Crippen molar-refractivity contribution in [3.05, 3.63) is 16.0 Å². The van der Waals surface area contributed by atoms with Crippen LogP contribution in [0, 0.1) is 11.3 Å². The van der Waals surface area contributed by atoms with Crippen molar-refractivity contribution in [2.24, 2.45) is 0 Å². The zero-order valence-corrected chi connectivity index (χ0v) is 11.4. The van der Waals surface area contributed by atoms with Crippen LogP contribution in [-0.4, -0.2) is 13.6 Å². The molecule has 0 atom stereocenters. The first-order valence-corrected chi connectivity index (χ1v) is 8.19. The molecule has 1 aromatic heterocycles. The van der Waals surface area contributed by atoms with E-state index in [1.54, 1.807) is 0 Å². The molecule has 0 spiro atoms. The van der Waals surface area contributed by atoms with Gasteiger partial charge in [-0.1, -0.05) is 0 Å². The van der Waals surface area contributed by atoms with E-state index in [4.69, 9.17) is 16.9 Å². The molecule has 0 aliphatic heterocycles. The van der Waals surface area contributed by atoms with Crippen LogP contribution in [0.1, 0.15) is 28.8 Å². The van der Waals surface area contributed by atoms with Crippen LogP contribution in [0.15, 0.2) is 0 Å². The summed E-state index contributed by atoms with van der Waals surface area (Å²) in [7, 11) is -3.53. The second kappa shape index (κ2) is 4.84. The van der Waals surface area contributed by atoms with E-state index in [-0.39, 0.29) is 0 Å². The van der Waals surface area contributed by atoms with Gasteiger partial charge in [0.05, 0.1) is 5.56 Å². The van der Waals surface area contributed by atoms with Crippen molar-refractivity contribution in [1.29, 1.82) is 5.26 Å². The van der Waals surface area contributed by atoms with E-state index in [1.165, 1.54) is 11.3 Å². The molecule has 0 amide bonds. The third-order valence-corrected chi connectivity index (χ3v) is 5.68. The zero-order chi connectivity index (χ0) is 12.5. The first kappa shape index (κ1) is 12.7. The van der Waals surface area contributed by atoms with Crippen molar-refractivity contribution in [2.75, 3.05) is 9.93 Å². The summed E-state index contributed by atoms with van der Waals surface area (Å²) in [6.45, 7) is 0. The average molecular weight is 291 g/mol. The van der Waals surface area contributed by atoms with Crippen LogP contribution in [-0.2, 0) is 22.9 Å². The Morgan fingerprint density at radius 2 is 2.12 bits per heavy atom. The van der Waals surface area contributed by atoms with Crippen LogP contribution in [0.2, 0.25) is 0 Å². The Kier molecular flexibility index (Phi) is 3.61. The SMILES string of the molecule is N#Cc1c(NS(=O)(=O)CCl)sc2c1CCCC2. The molecule has 1 aliphatic rings. The van der Waals surface area contributed by atoms with Crippen molar-refractivity contribution in [1.82, 2.24) is 0 Å². The summed E-state index contributed by atoms with van der Waals surface area (Å²) < 4.78 is 25.2. The lowest BCUT2D eigenvalue weighted by Crippen LogP contribution is -2.13. The Bertz CT molecular complexity index is 572. The van der Waals surface area contributed by atoms with E-state index in [2.05, 4.69) is 10.8 Å².